The van der Waals surface area contributed by atoms with Crippen molar-refractivity contribution in [2.75, 3.05) is 30.2 Å². The van der Waals surface area contributed by atoms with Crippen molar-refractivity contribution in [1.82, 2.24) is 4.90 Å². The quantitative estimate of drug-likeness (QED) is 0.462. The Balaban J connectivity index is 1.34. The first kappa shape index (κ1) is 24.8. The van der Waals surface area contributed by atoms with Crippen LogP contribution in [0.5, 0.6) is 5.75 Å². The highest BCUT2D eigenvalue weighted by atomic mass is 32.2. The Morgan fingerprint density at radius 3 is 2.11 bits per heavy atom. The fraction of sp³-hybridized carbons (Fsp3) is 0.296. The Morgan fingerprint density at radius 2 is 1.51 bits per heavy atom. The van der Waals surface area contributed by atoms with Gasteiger partial charge in [0.15, 0.2) is 0 Å². The predicted molar refractivity (Wildman–Crippen MR) is 138 cm³/mol. The predicted octanol–water partition coefficient (Wildman–Crippen LogP) is 4.98. The number of methoxy groups -OCH3 is 1. The number of carbonyl (C=O) groups is 1. The van der Waals surface area contributed by atoms with Crippen molar-refractivity contribution in [2.45, 2.75) is 31.2 Å². The van der Waals surface area contributed by atoms with Crippen molar-refractivity contribution in [2.24, 2.45) is 5.92 Å². The molecule has 2 N–H and O–H groups in total. The lowest BCUT2D eigenvalue weighted by Crippen LogP contribution is -2.32. The van der Waals surface area contributed by atoms with Crippen LogP contribution in [0.3, 0.4) is 0 Å². The van der Waals surface area contributed by atoms with Crippen molar-refractivity contribution in [1.29, 1.82) is 0 Å². The topological polar surface area (TPSA) is 87.7 Å². The Kier molecular flexibility index (Phi) is 7.73. The molecular formula is C27H31N3O4S. The van der Waals surface area contributed by atoms with Gasteiger partial charge in [0.05, 0.1) is 12.0 Å². The summed E-state index contributed by atoms with van der Waals surface area (Å²) in [5.41, 5.74) is 2.69. The number of ether oxygens (including phenoxy) is 1. The van der Waals surface area contributed by atoms with Crippen LogP contribution in [-0.2, 0) is 16.6 Å². The first-order chi connectivity index (χ1) is 16.8. The molecule has 35 heavy (non-hydrogen) atoms. The molecule has 0 atom stereocenters. The van der Waals surface area contributed by atoms with E-state index >= 15 is 0 Å². The zero-order valence-corrected chi connectivity index (χ0v) is 20.8. The molecule has 4 rings (SSSR count). The van der Waals surface area contributed by atoms with Gasteiger partial charge in [-0.05, 0) is 98.1 Å². The summed E-state index contributed by atoms with van der Waals surface area (Å²) < 4.78 is 33.0. The molecule has 1 amide bonds. The van der Waals surface area contributed by atoms with Crippen LogP contribution in [0.2, 0.25) is 0 Å². The molecule has 184 valence electrons. The number of hydrogen-bond acceptors (Lipinski definition) is 5. The average molecular weight is 494 g/mol. The van der Waals surface area contributed by atoms with Gasteiger partial charge in [0.25, 0.3) is 15.9 Å². The second-order valence-electron chi connectivity index (χ2n) is 8.97. The van der Waals surface area contributed by atoms with E-state index in [1.54, 1.807) is 43.5 Å². The molecule has 3 aromatic carbocycles. The third kappa shape index (κ3) is 6.61. The third-order valence-corrected chi connectivity index (χ3v) is 7.66. The first-order valence-corrected chi connectivity index (χ1v) is 13.2. The molecule has 1 heterocycles. The summed E-state index contributed by atoms with van der Waals surface area (Å²) in [6, 6.07) is 20.3. The average Bonchev–Trinajstić information content (AvgIpc) is 2.86. The van der Waals surface area contributed by atoms with Gasteiger partial charge in [0, 0.05) is 23.5 Å². The number of benzene rings is 3. The van der Waals surface area contributed by atoms with Crippen LogP contribution in [0.1, 0.15) is 35.7 Å². The number of nitrogens with one attached hydrogen (secondary N) is 2. The summed E-state index contributed by atoms with van der Waals surface area (Å²) in [7, 11) is -2.21. The van der Waals surface area contributed by atoms with Crippen molar-refractivity contribution >= 4 is 27.3 Å². The van der Waals surface area contributed by atoms with Crippen molar-refractivity contribution in [3.8, 4) is 5.75 Å². The maximum Gasteiger partial charge on any atom is 0.261 e. The van der Waals surface area contributed by atoms with Gasteiger partial charge < -0.3 is 10.1 Å². The zero-order chi connectivity index (χ0) is 24.8. The van der Waals surface area contributed by atoms with Crippen LogP contribution < -0.4 is 14.8 Å². The highest BCUT2D eigenvalue weighted by molar-refractivity contribution is 7.92. The monoisotopic (exact) mass is 493 g/mol. The molecule has 7 nitrogen and oxygen atoms in total. The fourth-order valence-corrected chi connectivity index (χ4v) is 5.09. The molecule has 0 aliphatic carbocycles. The normalized spacial score (nSPS) is 14.9. The molecule has 0 unspecified atom stereocenters. The number of nitrogens with zero attached hydrogens (tertiary/aromatic N) is 1. The van der Waals surface area contributed by atoms with Crippen molar-refractivity contribution in [3.05, 3.63) is 83.9 Å². The minimum absolute atomic E-state index is 0.0998. The number of carbonyl (C=O) groups excluding carboxylic acids is 1. The third-order valence-electron chi connectivity index (χ3n) is 6.26. The zero-order valence-electron chi connectivity index (χ0n) is 20.0. The second-order valence-corrected chi connectivity index (χ2v) is 10.7. The van der Waals surface area contributed by atoms with E-state index in [1.807, 2.05) is 24.3 Å². The minimum Gasteiger partial charge on any atom is -0.497 e. The van der Waals surface area contributed by atoms with Gasteiger partial charge in [0.1, 0.15) is 5.75 Å². The maximum atomic E-state index is 12.7. The Bertz CT molecular complexity index is 1230. The van der Waals surface area contributed by atoms with E-state index in [1.165, 1.54) is 30.5 Å². The molecule has 3 aromatic rings. The second kappa shape index (κ2) is 10.9. The molecule has 0 aromatic heterocycles. The van der Waals surface area contributed by atoms with E-state index in [-0.39, 0.29) is 10.8 Å². The van der Waals surface area contributed by atoms with Gasteiger partial charge in [-0.25, -0.2) is 8.42 Å². The molecule has 1 aliphatic rings. The Hall–Kier alpha value is -3.36. The highest BCUT2D eigenvalue weighted by Crippen LogP contribution is 2.21. The van der Waals surface area contributed by atoms with Gasteiger partial charge in [0.2, 0.25) is 0 Å². The lowest BCUT2D eigenvalue weighted by atomic mass is 9.99. The van der Waals surface area contributed by atoms with Gasteiger partial charge in [-0.1, -0.05) is 19.1 Å². The van der Waals surface area contributed by atoms with Gasteiger partial charge in [-0.3, -0.25) is 14.4 Å². The highest BCUT2D eigenvalue weighted by Gasteiger charge is 2.17. The number of sulfonamides is 1. The number of piperidine rings is 1. The van der Waals surface area contributed by atoms with Crippen LogP contribution in [0, 0.1) is 5.92 Å². The van der Waals surface area contributed by atoms with Gasteiger partial charge >= 0.3 is 0 Å². The minimum atomic E-state index is -3.76. The number of amides is 1. The standard InChI is InChI=1S/C27H31N3O4S/c1-20-15-17-30(18-16-20)19-21-3-5-22(6-4-21)27(31)28-23-9-13-26(14-10-23)35(32,33)29-24-7-11-25(34-2)12-8-24/h3-14,20,29H,15-19H2,1-2H3,(H,28,31). The number of rotatable bonds is 8. The number of hydrogen-bond donors (Lipinski definition) is 2. The van der Waals surface area contributed by atoms with E-state index in [2.05, 4.69) is 21.9 Å². The van der Waals surface area contributed by atoms with Gasteiger partial charge in [-0.15, -0.1) is 0 Å². The number of anilines is 2. The van der Waals surface area contributed by atoms with Crippen LogP contribution in [0.25, 0.3) is 0 Å². The number of likely N-dealkylation sites (tertiary alicyclic amines) is 1. The van der Waals surface area contributed by atoms with Crippen LogP contribution in [0.4, 0.5) is 11.4 Å². The summed E-state index contributed by atoms with van der Waals surface area (Å²) >= 11 is 0. The molecular weight excluding hydrogens is 462 g/mol. The Labute approximate surface area is 207 Å². The molecule has 0 bridgehead atoms. The van der Waals surface area contributed by atoms with E-state index < -0.39 is 10.0 Å². The molecule has 8 heteroatoms. The molecule has 0 spiro atoms. The summed E-state index contributed by atoms with van der Waals surface area (Å²) in [5.74, 6) is 1.20. The van der Waals surface area contributed by atoms with E-state index in [0.717, 1.165) is 25.6 Å². The van der Waals surface area contributed by atoms with Gasteiger partial charge in [-0.2, -0.15) is 0 Å². The summed E-state index contributed by atoms with van der Waals surface area (Å²) in [6.45, 7) is 5.43. The summed E-state index contributed by atoms with van der Waals surface area (Å²) in [4.78, 5) is 15.2. The smallest absolute Gasteiger partial charge is 0.261 e. The molecule has 1 fully saturated rings. The fourth-order valence-electron chi connectivity index (χ4n) is 4.03. The SMILES string of the molecule is COc1ccc(NS(=O)(=O)c2ccc(NC(=O)c3ccc(CN4CCC(C)CC4)cc3)cc2)cc1. The molecule has 0 saturated carbocycles. The summed E-state index contributed by atoms with van der Waals surface area (Å²) in [6.07, 6.45) is 2.47. The lowest BCUT2D eigenvalue weighted by molar-refractivity contribution is 0.102. The maximum absolute atomic E-state index is 12.7. The first-order valence-electron chi connectivity index (χ1n) is 11.7. The Morgan fingerprint density at radius 1 is 0.914 bits per heavy atom. The lowest BCUT2D eigenvalue weighted by Gasteiger charge is -2.30. The van der Waals surface area contributed by atoms with E-state index in [0.29, 0.717) is 22.7 Å². The van der Waals surface area contributed by atoms with Crippen LogP contribution in [-0.4, -0.2) is 39.4 Å². The molecule has 1 saturated heterocycles. The summed E-state index contributed by atoms with van der Waals surface area (Å²) in [5, 5.41) is 2.83. The van der Waals surface area contributed by atoms with Crippen molar-refractivity contribution in [3.63, 3.8) is 0 Å². The molecule has 0 radical (unpaired) electrons. The van der Waals surface area contributed by atoms with Crippen molar-refractivity contribution < 1.29 is 17.9 Å². The largest absolute Gasteiger partial charge is 0.497 e. The van der Waals surface area contributed by atoms with Crippen LogP contribution in [0.15, 0.2) is 77.7 Å². The van der Waals surface area contributed by atoms with E-state index in [9.17, 15) is 13.2 Å². The molecule has 1 aliphatic heterocycles. The van der Waals surface area contributed by atoms with E-state index in [4.69, 9.17) is 4.74 Å². The van der Waals surface area contributed by atoms with Crippen LogP contribution >= 0.6 is 0 Å².